The van der Waals surface area contributed by atoms with E-state index in [0.717, 1.165) is 0 Å². The van der Waals surface area contributed by atoms with Crippen molar-refractivity contribution in [2.24, 2.45) is 10.7 Å². The molecule has 0 radical (unpaired) electrons. The molecule has 80 valence electrons. The molecule has 0 atom stereocenters. The molecule has 0 unspecified atom stereocenters. The Morgan fingerprint density at radius 2 is 2.20 bits per heavy atom. The molecule has 0 fully saturated rings. The number of aliphatic imine (C=N–C) groups is 1. The number of carbonyl (C=O) groups is 1. The van der Waals surface area contributed by atoms with E-state index in [0.29, 0.717) is 11.1 Å². The lowest BCUT2D eigenvalue weighted by molar-refractivity contribution is -0.135. The third-order valence-corrected chi connectivity index (χ3v) is 1.79. The topological polar surface area (TPSA) is 95.9 Å². The third-order valence-electron chi connectivity index (χ3n) is 1.79. The Bertz CT molecular complexity index is 388. The van der Waals surface area contributed by atoms with Crippen molar-refractivity contribution in [2.75, 3.05) is 6.54 Å². The van der Waals surface area contributed by atoms with Gasteiger partial charge >= 0.3 is 5.97 Å². The van der Waals surface area contributed by atoms with Gasteiger partial charge in [-0.1, -0.05) is 18.2 Å². The molecule has 1 rings (SSSR count). The van der Waals surface area contributed by atoms with E-state index in [1.165, 1.54) is 0 Å². The highest BCUT2D eigenvalue weighted by molar-refractivity contribution is 5.98. The Morgan fingerprint density at radius 3 is 2.80 bits per heavy atom. The minimum absolute atomic E-state index is 0.0833. The maximum atomic E-state index is 10.3. The molecular weight excluding hydrogens is 196 g/mol. The van der Waals surface area contributed by atoms with Crippen LogP contribution in [0.15, 0.2) is 29.3 Å². The molecule has 0 heterocycles. The van der Waals surface area contributed by atoms with E-state index in [2.05, 4.69) is 4.99 Å². The fourth-order valence-electron chi connectivity index (χ4n) is 1.07. The van der Waals surface area contributed by atoms with Gasteiger partial charge in [-0.05, 0) is 11.6 Å². The number of carboxylic acids is 1. The minimum atomic E-state index is -1.03. The van der Waals surface area contributed by atoms with E-state index in [1.54, 1.807) is 24.3 Å². The lowest BCUT2D eigenvalue weighted by Gasteiger charge is -2.02. The molecule has 5 heteroatoms. The van der Waals surface area contributed by atoms with Crippen molar-refractivity contribution in [1.29, 1.82) is 0 Å². The van der Waals surface area contributed by atoms with Gasteiger partial charge in [-0.15, -0.1) is 0 Å². The standard InChI is InChI=1S/C10H12N2O3/c11-10(12-5-9(14)15)8-3-1-2-7(4-8)6-13/h1-4,13H,5-6H2,(H2,11,12)(H,14,15). The van der Waals surface area contributed by atoms with E-state index in [4.69, 9.17) is 15.9 Å². The molecule has 0 amide bonds. The number of aliphatic carboxylic acids is 1. The van der Waals surface area contributed by atoms with E-state index >= 15 is 0 Å². The molecule has 5 nitrogen and oxygen atoms in total. The second-order valence-electron chi connectivity index (χ2n) is 2.95. The largest absolute Gasteiger partial charge is 0.480 e. The monoisotopic (exact) mass is 208 g/mol. The number of nitrogens with two attached hydrogens (primary N) is 1. The first-order chi connectivity index (χ1) is 7.13. The summed E-state index contributed by atoms with van der Waals surface area (Å²) in [6.45, 7) is -0.435. The van der Waals surface area contributed by atoms with Gasteiger partial charge < -0.3 is 15.9 Å². The molecule has 0 aromatic heterocycles. The number of amidine groups is 1. The van der Waals surface area contributed by atoms with Crippen molar-refractivity contribution in [3.8, 4) is 0 Å². The van der Waals surface area contributed by atoms with Crippen molar-refractivity contribution in [2.45, 2.75) is 6.61 Å². The van der Waals surface area contributed by atoms with Crippen LogP contribution in [0, 0.1) is 0 Å². The van der Waals surface area contributed by atoms with Crippen molar-refractivity contribution >= 4 is 11.8 Å². The predicted octanol–water partition coefficient (Wildman–Crippen LogP) is -0.0312. The zero-order chi connectivity index (χ0) is 11.3. The van der Waals surface area contributed by atoms with E-state index < -0.39 is 5.97 Å². The minimum Gasteiger partial charge on any atom is -0.480 e. The van der Waals surface area contributed by atoms with Crippen molar-refractivity contribution < 1.29 is 15.0 Å². The Hall–Kier alpha value is -1.88. The lowest BCUT2D eigenvalue weighted by Crippen LogP contribution is -2.16. The molecular formula is C10H12N2O3. The smallest absolute Gasteiger partial charge is 0.325 e. The van der Waals surface area contributed by atoms with Crippen molar-refractivity contribution in [3.63, 3.8) is 0 Å². The summed E-state index contributed by atoms with van der Waals surface area (Å²) in [5.41, 5.74) is 6.89. The summed E-state index contributed by atoms with van der Waals surface area (Å²) in [5, 5.41) is 17.3. The first-order valence-electron chi connectivity index (χ1n) is 4.35. The van der Waals surface area contributed by atoms with Crippen LogP contribution in [0.2, 0.25) is 0 Å². The Labute approximate surface area is 86.9 Å². The molecule has 0 spiro atoms. The molecule has 0 aliphatic rings. The van der Waals surface area contributed by atoms with E-state index in [1.807, 2.05) is 0 Å². The average Bonchev–Trinajstić information content (AvgIpc) is 2.26. The van der Waals surface area contributed by atoms with Gasteiger partial charge in [0.2, 0.25) is 0 Å². The third kappa shape index (κ3) is 3.40. The van der Waals surface area contributed by atoms with Crippen molar-refractivity contribution in [3.05, 3.63) is 35.4 Å². The fraction of sp³-hybridized carbons (Fsp3) is 0.200. The van der Waals surface area contributed by atoms with Gasteiger partial charge in [0.25, 0.3) is 0 Å². The van der Waals surface area contributed by atoms with Gasteiger partial charge in [-0.25, -0.2) is 0 Å². The van der Waals surface area contributed by atoms with E-state index in [-0.39, 0.29) is 19.0 Å². The Morgan fingerprint density at radius 1 is 1.47 bits per heavy atom. The lowest BCUT2D eigenvalue weighted by atomic mass is 10.1. The van der Waals surface area contributed by atoms with Crippen LogP contribution in [0.3, 0.4) is 0 Å². The van der Waals surface area contributed by atoms with Crippen LogP contribution in [-0.4, -0.2) is 28.6 Å². The number of carboxylic acid groups (broad SMARTS) is 1. The summed E-state index contributed by atoms with van der Waals surface area (Å²) < 4.78 is 0. The molecule has 4 N–H and O–H groups in total. The predicted molar refractivity (Wildman–Crippen MR) is 55.6 cm³/mol. The van der Waals surface area contributed by atoms with Crippen LogP contribution >= 0.6 is 0 Å². The molecule has 0 aliphatic carbocycles. The number of aliphatic hydroxyl groups excluding tert-OH is 1. The van der Waals surface area contributed by atoms with Crippen LogP contribution in [-0.2, 0) is 11.4 Å². The van der Waals surface area contributed by atoms with Gasteiger partial charge in [0.1, 0.15) is 12.4 Å². The number of nitrogens with zero attached hydrogens (tertiary/aromatic N) is 1. The molecule has 0 saturated heterocycles. The zero-order valence-electron chi connectivity index (χ0n) is 8.05. The molecule has 0 aliphatic heterocycles. The quantitative estimate of drug-likeness (QED) is 0.478. The van der Waals surface area contributed by atoms with E-state index in [9.17, 15) is 4.79 Å². The van der Waals surface area contributed by atoms with Gasteiger partial charge in [0.05, 0.1) is 6.61 Å². The van der Waals surface area contributed by atoms with Gasteiger partial charge in [-0.2, -0.15) is 0 Å². The van der Waals surface area contributed by atoms with Crippen LogP contribution in [0.5, 0.6) is 0 Å². The normalized spacial score (nSPS) is 11.4. The van der Waals surface area contributed by atoms with Gasteiger partial charge in [0.15, 0.2) is 0 Å². The number of hydrogen-bond acceptors (Lipinski definition) is 3. The molecule has 15 heavy (non-hydrogen) atoms. The fourth-order valence-corrected chi connectivity index (χ4v) is 1.07. The molecule has 0 saturated carbocycles. The summed E-state index contributed by atoms with van der Waals surface area (Å²) in [5.74, 6) is -0.871. The Balaban J connectivity index is 2.85. The number of hydrogen-bond donors (Lipinski definition) is 3. The number of aliphatic hydroxyl groups is 1. The second kappa shape index (κ2) is 5.11. The molecule has 0 bridgehead atoms. The highest BCUT2D eigenvalue weighted by Gasteiger charge is 2.00. The summed E-state index contributed by atoms with van der Waals surface area (Å²) in [6, 6.07) is 6.85. The summed E-state index contributed by atoms with van der Waals surface area (Å²) in [7, 11) is 0. The molecule has 1 aromatic carbocycles. The Kier molecular flexibility index (Phi) is 3.82. The highest BCUT2D eigenvalue weighted by Crippen LogP contribution is 2.04. The van der Waals surface area contributed by atoms with Crippen LogP contribution < -0.4 is 5.73 Å². The maximum absolute atomic E-state index is 10.3. The van der Waals surface area contributed by atoms with Crippen molar-refractivity contribution in [1.82, 2.24) is 0 Å². The summed E-state index contributed by atoms with van der Waals surface area (Å²) >= 11 is 0. The van der Waals surface area contributed by atoms with Gasteiger partial charge in [0, 0.05) is 5.56 Å². The van der Waals surface area contributed by atoms with Crippen LogP contribution in [0.4, 0.5) is 0 Å². The van der Waals surface area contributed by atoms with Crippen LogP contribution in [0.1, 0.15) is 11.1 Å². The second-order valence-corrected chi connectivity index (χ2v) is 2.95. The molecule has 1 aromatic rings. The first kappa shape index (κ1) is 11.2. The van der Waals surface area contributed by atoms with Gasteiger partial charge in [-0.3, -0.25) is 9.79 Å². The maximum Gasteiger partial charge on any atom is 0.325 e. The SMILES string of the molecule is NC(=NCC(=O)O)c1cccc(CO)c1. The first-order valence-corrected chi connectivity index (χ1v) is 4.35. The average molecular weight is 208 g/mol. The zero-order valence-corrected chi connectivity index (χ0v) is 8.05. The number of benzene rings is 1. The van der Waals surface area contributed by atoms with Crippen LogP contribution in [0.25, 0.3) is 0 Å². The highest BCUT2D eigenvalue weighted by atomic mass is 16.4. The summed E-state index contributed by atoms with van der Waals surface area (Å²) in [4.78, 5) is 13.9. The number of rotatable bonds is 4. The summed E-state index contributed by atoms with van der Waals surface area (Å²) in [6.07, 6.45) is 0.